The average molecular weight is 469 g/mol. The van der Waals surface area contributed by atoms with E-state index in [1.54, 1.807) is 13.8 Å². The van der Waals surface area contributed by atoms with Crippen molar-refractivity contribution in [3.63, 3.8) is 0 Å². The molecule has 1 aliphatic carbocycles. The maximum Gasteiger partial charge on any atom is 0.336 e. The van der Waals surface area contributed by atoms with Gasteiger partial charge in [-0.3, -0.25) is 14.9 Å². The van der Waals surface area contributed by atoms with Crippen molar-refractivity contribution in [3.8, 4) is 0 Å². The highest BCUT2D eigenvalue weighted by molar-refractivity contribution is 5.94. The number of carbonyl (C=O) groups excluding carboxylic acids is 2. The summed E-state index contributed by atoms with van der Waals surface area (Å²) in [5.41, 5.74) is -0.0246. The Morgan fingerprint density at radius 2 is 1.71 bits per heavy atom. The normalized spacial score (nSPS) is 22.1. The van der Waals surface area contributed by atoms with E-state index in [0.29, 0.717) is 16.9 Å². The second-order valence-electron chi connectivity index (χ2n) is 8.19. The Balaban J connectivity index is 2.24. The van der Waals surface area contributed by atoms with Crippen LogP contribution in [0.2, 0.25) is 0 Å². The van der Waals surface area contributed by atoms with Gasteiger partial charge < -0.3 is 19.9 Å². The molecule has 9 heteroatoms. The Hall–Kier alpha value is -3.72. The van der Waals surface area contributed by atoms with Crippen LogP contribution in [0.15, 0.2) is 65.9 Å². The summed E-state index contributed by atoms with van der Waals surface area (Å²) in [5.74, 6) is -3.42. The number of para-hydroxylation sites is 1. The monoisotopic (exact) mass is 468 g/mol. The molecule has 2 N–H and O–H groups in total. The summed E-state index contributed by atoms with van der Waals surface area (Å²) >= 11 is 0. The number of nitro groups is 1. The lowest BCUT2D eigenvalue weighted by Crippen LogP contribution is -2.49. The minimum Gasteiger partial charge on any atom is -0.466 e. The summed E-state index contributed by atoms with van der Waals surface area (Å²) < 4.78 is 10.6. The molecule has 0 radical (unpaired) electrons. The third kappa shape index (κ3) is 5.26. The van der Waals surface area contributed by atoms with E-state index in [-0.39, 0.29) is 30.9 Å². The minimum absolute atomic E-state index is 0.0387. The first-order chi connectivity index (χ1) is 16.2. The average Bonchev–Trinajstić information content (AvgIpc) is 2.79. The van der Waals surface area contributed by atoms with Crippen LogP contribution < -0.4 is 5.32 Å². The molecule has 0 heterocycles. The van der Waals surface area contributed by atoms with E-state index in [2.05, 4.69) is 5.32 Å². The molecule has 9 nitrogen and oxygen atoms in total. The fourth-order valence-corrected chi connectivity index (χ4v) is 4.33. The van der Waals surface area contributed by atoms with Crippen LogP contribution in [0.4, 0.5) is 11.4 Å². The molecule has 3 atom stereocenters. The summed E-state index contributed by atoms with van der Waals surface area (Å²) in [4.78, 5) is 36.9. The van der Waals surface area contributed by atoms with Gasteiger partial charge in [0.2, 0.25) is 0 Å². The molecule has 0 fully saturated rings. The van der Waals surface area contributed by atoms with E-state index in [0.717, 1.165) is 0 Å². The zero-order valence-electron chi connectivity index (χ0n) is 19.3. The zero-order chi connectivity index (χ0) is 24.9. The number of aliphatic hydroxyl groups is 1. The molecular weight excluding hydrogens is 440 g/mol. The van der Waals surface area contributed by atoms with Crippen molar-refractivity contribution >= 4 is 23.3 Å². The van der Waals surface area contributed by atoms with Gasteiger partial charge in [-0.2, -0.15) is 0 Å². The maximum absolute atomic E-state index is 13.2. The molecule has 0 unspecified atom stereocenters. The molecule has 0 aromatic heterocycles. The molecule has 1 aliphatic rings. The second kappa shape index (κ2) is 10.5. The molecular formula is C25H28N2O7. The quantitative estimate of drug-likeness (QED) is 0.339. The van der Waals surface area contributed by atoms with Crippen molar-refractivity contribution in [3.05, 3.63) is 81.5 Å². The van der Waals surface area contributed by atoms with Crippen molar-refractivity contribution in [2.24, 2.45) is 5.92 Å². The van der Waals surface area contributed by atoms with Crippen molar-refractivity contribution in [1.29, 1.82) is 0 Å². The molecule has 2 aromatic rings. The lowest BCUT2D eigenvalue weighted by atomic mass is 9.65. The summed E-state index contributed by atoms with van der Waals surface area (Å²) in [7, 11) is 0. The van der Waals surface area contributed by atoms with Crippen LogP contribution in [-0.4, -0.2) is 40.8 Å². The Morgan fingerprint density at radius 3 is 2.26 bits per heavy atom. The third-order valence-electron chi connectivity index (χ3n) is 5.74. The molecule has 0 bridgehead atoms. The standard InChI is InChI=1S/C25H28N2O7/c1-4-33-23(28)21-19(26-17-9-7-6-8-10-17)15-25(3,30)22(24(29)34-5-2)20(21)16-11-13-18(14-12-16)27(31)32/h6-14,20,22,26,30H,4-5,15H2,1-3H3/t20-,22+,25-/m0/s1. The van der Waals surface area contributed by atoms with Gasteiger partial charge in [0.05, 0.1) is 35.2 Å². The number of non-ortho nitro benzene ring substituents is 1. The SMILES string of the molecule is CCOC(=O)C1=C(Nc2ccccc2)C[C@](C)(O)[C@@H](C(=O)OCC)[C@H]1c1ccc([N+](=O)[O-])cc1. The predicted molar refractivity (Wildman–Crippen MR) is 125 cm³/mol. The highest BCUT2D eigenvalue weighted by Crippen LogP contribution is 2.48. The van der Waals surface area contributed by atoms with Gasteiger partial charge in [0, 0.05) is 35.9 Å². The van der Waals surface area contributed by atoms with Crippen LogP contribution in [0.1, 0.15) is 38.7 Å². The number of anilines is 1. The molecule has 0 saturated carbocycles. The smallest absolute Gasteiger partial charge is 0.336 e. The van der Waals surface area contributed by atoms with Crippen LogP contribution >= 0.6 is 0 Å². The number of carbonyl (C=O) groups is 2. The predicted octanol–water partition coefficient (Wildman–Crippen LogP) is 3.94. The van der Waals surface area contributed by atoms with Crippen molar-refractivity contribution in [2.75, 3.05) is 18.5 Å². The number of benzene rings is 2. The number of hydrogen-bond donors (Lipinski definition) is 2. The lowest BCUT2D eigenvalue weighted by Gasteiger charge is -2.43. The molecule has 0 saturated heterocycles. The zero-order valence-corrected chi connectivity index (χ0v) is 19.3. The second-order valence-corrected chi connectivity index (χ2v) is 8.19. The van der Waals surface area contributed by atoms with Gasteiger partial charge in [-0.25, -0.2) is 4.79 Å². The number of nitro benzene ring substituents is 1. The molecule has 0 amide bonds. The molecule has 0 spiro atoms. The third-order valence-corrected chi connectivity index (χ3v) is 5.74. The van der Waals surface area contributed by atoms with Crippen molar-refractivity contribution in [2.45, 2.75) is 38.7 Å². The van der Waals surface area contributed by atoms with Crippen LogP contribution in [0, 0.1) is 16.0 Å². The van der Waals surface area contributed by atoms with E-state index in [1.165, 1.54) is 31.2 Å². The molecule has 3 rings (SSSR count). The topological polar surface area (TPSA) is 128 Å². The molecule has 0 aliphatic heterocycles. The first kappa shape index (κ1) is 24.9. The van der Waals surface area contributed by atoms with Crippen molar-refractivity contribution < 1.29 is 29.1 Å². The maximum atomic E-state index is 13.2. The number of rotatable bonds is 8. The number of nitrogens with one attached hydrogen (secondary N) is 1. The van der Waals surface area contributed by atoms with Gasteiger partial charge in [-0.05, 0) is 38.5 Å². The number of ether oxygens (including phenoxy) is 2. The Labute approximate surface area is 197 Å². The van der Waals surface area contributed by atoms with Gasteiger partial charge in [-0.1, -0.05) is 30.3 Å². The fraction of sp³-hybridized carbons (Fsp3) is 0.360. The van der Waals surface area contributed by atoms with E-state index in [4.69, 9.17) is 9.47 Å². The van der Waals surface area contributed by atoms with Crippen molar-refractivity contribution in [1.82, 2.24) is 0 Å². The number of nitrogens with zero attached hydrogens (tertiary/aromatic N) is 1. The van der Waals surface area contributed by atoms with Gasteiger partial charge in [-0.15, -0.1) is 0 Å². The Kier molecular flexibility index (Phi) is 7.68. The number of esters is 2. The first-order valence-electron chi connectivity index (χ1n) is 11.0. The minimum atomic E-state index is -1.59. The molecule has 34 heavy (non-hydrogen) atoms. The molecule has 180 valence electrons. The van der Waals surface area contributed by atoms with E-state index in [1.807, 2.05) is 30.3 Å². The van der Waals surface area contributed by atoms with Crippen LogP contribution in [0.3, 0.4) is 0 Å². The van der Waals surface area contributed by atoms with E-state index < -0.39 is 34.3 Å². The largest absolute Gasteiger partial charge is 0.466 e. The van der Waals surface area contributed by atoms with Gasteiger partial charge in [0.25, 0.3) is 5.69 Å². The van der Waals surface area contributed by atoms with Crippen LogP contribution in [0.5, 0.6) is 0 Å². The van der Waals surface area contributed by atoms with E-state index >= 15 is 0 Å². The summed E-state index contributed by atoms with van der Waals surface area (Å²) in [5, 5.41) is 25.8. The highest BCUT2D eigenvalue weighted by Gasteiger charge is 2.52. The Bertz CT molecular complexity index is 1080. The van der Waals surface area contributed by atoms with Crippen LogP contribution in [0.25, 0.3) is 0 Å². The highest BCUT2D eigenvalue weighted by atomic mass is 16.6. The van der Waals surface area contributed by atoms with Gasteiger partial charge in [0.15, 0.2) is 0 Å². The summed E-state index contributed by atoms with van der Waals surface area (Å²) in [6.07, 6.45) is -0.0387. The lowest BCUT2D eigenvalue weighted by molar-refractivity contribution is -0.384. The fourth-order valence-electron chi connectivity index (χ4n) is 4.33. The van der Waals surface area contributed by atoms with Crippen LogP contribution in [-0.2, 0) is 19.1 Å². The summed E-state index contributed by atoms with van der Waals surface area (Å²) in [6.45, 7) is 5.04. The summed E-state index contributed by atoms with van der Waals surface area (Å²) in [6, 6.07) is 14.7. The first-order valence-corrected chi connectivity index (χ1v) is 11.0. The number of hydrogen-bond acceptors (Lipinski definition) is 8. The van der Waals surface area contributed by atoms with E-state index in [9.17, 15) is 24.8 Å². The van der Waals surface area contributed by atoms with Gasteiger partial charge in [0.1, 0.15) is 0 Å². The van der Waals surface area contributed by atoms with Gasteiger partial charge >= 0.3 is 11.9 Å². The Morgan fingerprint density at radius 1 is 1.09 bits per heavy atom. The molecule has 2 aromatic carbocycles.